The van der Waals surface area contributed by atoms with E-state index < -0.39 is 5.97 Å². The van der Waals surface area contributed by atoms with Gasteiger partial charge in [0, 0.05) is 12.6 Å². The summed E-state index contributed by atoms with van der Waals surface area (Å²) in [5, 5.41) is 17.9. The molecule has 1 unspecified atom stereocenters. The Labute approximate surface area is 121 Å². The first-order valence-electron chi connectivity index (χ1n) is 6.65. The van der Waals surface area contributed by atoms with Crippen molar-refractivity contribution in [1.29, 1.82) is 0 Å². The van der Waals surface area contributed by atoms with Gasteiger partial charge in [-0.3, -0.25) is 4.79 Å². The van der Waals surface area contributed by atoms with Crippen LogP contribution in [0, 0.1) is 0 Å². The van der Waals surface area contributed by atoms with Crippen molar-refractivity contribution in [3.63, 3.8) is 0 Å². The molecule has 0 radical (unpaired) electrons. The smallest absolute Gasteiger partial charge is 0.313 e. The zero-order chi connectivity index (χ0) is 13.7. The van der Waals surface area contributed by atoms with Crippen LogP contribution in [0.2, 0.25) is 0 Å². The van der Waals surface area contributed by atoms with E-state index in [-0.39, 0.29) is 5.75 Å². The fourth-order valence-corrected chi connectivity index (χ4v) is 4.01. The van der Waals surface area contributed by atoms with Gasteiger partial charge >= 0.3 is 5.97 Å². The van der Waals surface area contributed by atoms with Gasteiger partial charge in [-0.2, -0.15) is 0 Å². The number of hydrogen-bond acceptors (Lipinski definition) is 6. The maximum atomic E-state index is 10.6. The van der Waals surface area contributed by atoms with Gasteiger partial charge in [0.2, 0.25) is 5.13 Å². The second-order valence-electron chi connectivity index (χ2n) is 4.64. The average molecular weight is 301 g/mol. The molecule has 1 fully saturated rings. The van der Waals surface area contributed by atoms with Crippen molar-refractivity contribution in [3.8, 4) is 0 Å². The highest BCUT2D eigenvalue weighted by atomic mass is 32.2. The van der Waals surface area contributed by atoms with Crippen molar-refractivity contribution in [3.05, 3.63) is 0 Å². The largest absolute Gasteiger partial charge is 0.481 e. The topological polar surface area (TPSA) is 66.3 Å². The van der Waals surface area contributed by atoms with Gasteiger partial charge in [0.05, 0.1) is 5.75 Å². The highest BCUT2D eigenvalue weighted by Crippen LogP contribution is 2.32. The van der Waals surface area contributed by atoms with Crippen LogP contribution in [-0.2, 0) is 4.79 Å². The third kappa shape index (κ3) is 4.07. The molecule has 19 heavy (non-hydrogen) atoms. The van der Waals surface area contributed by atoms with Gasteiger partial charge in [-0.25, -0.2) is 0 Å². The summed E-state index contributed by atoms with van der Waals surface area (Å²) in [6.45, 7) is 3.25. The molecule has 0 saturated carbocycles. The Morgan fingerprint density at radius 2 is 2.32 bits per heavy atom. The number of thioether (sulfide) groups is 1. The molecular weight excluding hydrogens is 282 g/mol. The number of aromatic nitrogens is 2. The highest BCUT2D eigenvalue weighted by Gasteiger charge is 2.23. The maximum Gasteiger partial charge on any atom is 0.313 e. The average Bonchev–Trinajstić information content (AvgIpc) is 2.73. The van der Waals surface area contributed by atoms with Crippen LogP contribution in [0.3, 0.4) is 0 Å². The van der Waals surface area contributed by atoms with Gasteiger partial charge < -0.3 is 10.0 Å². The van der Waals surface area contributed by atoms with E-state index in [0.29, 0.717) is 6.04 Å². The molecule has 5 nitrogen and oxygen atoms in total. The van der Waals surface area contributed by atoms with Gasteiger partial charge in [-0.05, 0) is 19.3 Å². The van der Waals surface area contributed by atoms with Crippen molar-refractivity contribution in [2.24, 2.45) is 0 Å². The molecule has 2 rings (SSSR count). The molecule has 0 amide bonds. The van der Waals surface area contributed by atoms with Crippen LogP contribution in [0.5, 0.6) is 0 Å². The molecule has 1 saturated heterocycles. The van der Waals surface area contributed by atoms with Gasteiger partial charge in [0.1, 0.15) is 0 Å². The predicted octanol–water partition coefficient (Wildman–Crippen LogP) is 2.87. The lowest BCUT2D eigenvalue weighted by Crippen LogP contribution is -2.34. The minimum Gasteiger partial charge on any atom is -0.481 e. The fourth-order valence-electron chi connectivity index (χ4n) is 2.35. The summed E-state index contributed by atoms with van der Waals surface area (Å²) in [7, 11) is 0. The molecule has 0 spiro atoms. The Morgan fingerprint density at radius 1 is 1.47 bits per heavy atom. The van der Waals surface area contributed by atoms with E-state index >= 15 is 0 Å². The second-order valence-corrected chi connectivity index (χ2v) is 6.82. The molecule has 1 atom stereocenters. The normalized spacial score (nSPS) is 20.3. The predicted molar refractivity (Wildman–Crippen MR) is 78.2 cm³/mol. The zero-order valence-electron chi connectivity index (χ0n) is 11.0. The van der Waals surface area contributed by atoms with Crippen LogP contribution in [0.25, 0.3) is 0 Å². The van der Waals surface area contributed by atoms with Gasteiger partial charge in [-0.1, -0.05) is 42.9 Å². The van der Waals surface area contributed by atoms with E-state index in [9.17, 15) is 4.79 Å². The number of carboxylic acids is 1. The van der Waals surface area contributed by atoms with Crippen LogP contribution >= 0.6 is 23.1 Å². The van der Waals surface area contributed by atoms with Crippen molar-refractivity contribution in [2.45, 2.75) is 49.4 Å². The first-order valence-corrected chi connectivity index (χ1v) is 8.45. The lowest BCUT2D eigenvalue weighted by Gasteiger charge is -2.28. The Morgan fingerprint density at radius 3 is 3.05 bits per heavy atom. The molecule has 2 heterocycles. The van der Waals surface area contributed by atoms with Crippen LogP contribution in [-0.4, -0.2) is 39.6 Å². The minimum absolute atomic E-state index is 0.0475. The van der Waals surface area contributed by atoms with Gasteiger partial charge in [0.25, 0.3) is 0 Å². The molecule has 7 heteroatoms. The number of aliphatic carboxylic acids is 1. The molecule has 1 aliphatic heterocycles. The Balaban J connectivity index is 2.04. The third-order valence-electron chi connectivity index (χ3n) is 3.31. The third-order valence-corrected chi connectivity index (χ3v) is 5.39. The summed E-state index contributed by atoms with van der Waals surface area (Å²) in [5.41, 5.74) is 0. The summed E-state index contributed by atoms with van der Waals surface area (Å²) >= 11 is 2.76. The van der Waals surface area contributed by atoms with E-state index in [1.54, 1.807) is 0 Å². The van der Waals surface area contributed by atoms with Crippen LogP contribution in [0.15, 0.2) is 4.34 Å². The summed E-state index contributed by atoms with van der Waals surface area (Å²) in [6.07, 6.45) is 6.11. The van der Waals surface area contributed by atoms with Gasteiger partial charge in [0.15, 0.2) is 4.34 Å². The van der Waals surface area contributed by atoms with Gasteiger partial charge in [-0.15, -0.1) is 10.2 Å². The first-order chi connectivity index (χ1) is 9.20. The Hall–Kier alpha value is -0.820. The standard InChI is InChI=1S/C12H19N3O2S2/c1-2-9-6-4-3-5-7-15(9)11-13-14-12(19-11)18-8-10(16)17/h9H,2-8H2,1H3,(H,16,17). The molecule has 1 N–H and O–H groups in total. The second kappa shape index (κ2) is 7.09. The van der Waals surface area contributed by atoms with E-state index in [1.807, 2.05) is 0 Å². The van der Waals surface area contributed by atoms with Crippen molar-refractivity contribution >= 4 is 34.2 Å². The minimum atomic E-state index is -0.817. The first kappa shape index (κ1) is 14.6. The molecular formula is C12H19N3O2S2. The van der Waals surface area contributed by atoms with Crippen molar-refractivity contribution in [2.75, 3.05) is 17.2 Å². The van der Waals surface area contributed by atoms with E-state index in [4.69, 9.17) is 5.11 Å². The van der Waals surface area contributed by atoms with E-state index in [0.717, 1.165) is 22.4 Å². The van der Waals surface area contributed by atoms with Crippen LogP contribution in [0.1, 0.15) is 39.0 Å². The summed E-state index contributed by atoms with van der Waals surface area (Å²) in [4.78, 5) is 12.9. The Kier molecular flexibility index (Phi) is 5.45. The van der Waals surface area contributed by atoms with Crippen LogP contribution in [0.4, 0.5) is 5.13 Å². The molecule has 0 aliphatic carbocycles. The maximum absolute atomic E-state index is 10.6. The summed E-state index contributed by atoms with van der Waals surface area (Å²) < 4.78 is 0.747. The lowest BCUT2D eigenvalue weighted by atomic mass is 10.1. The zero-order valence-corrected chi connectivity index (χ0v) is 12.7. The molecule has 1 aromatic rings. The fraction of sp³-hybridized carbons (Fsp3) is 0.750. The van der Waals surface area contributed by atoms with Crippen molar-refractivity contribution < 1.29 is 9.90 Å². The number of carboxylic acid groups (broad SMARTS) is 1. The Bertz CT molecular complexity index is 425. The molecule has 0 aromatic carbocycles. The van der Waals surface area contributed by atoms with Crippen molar-refractivity contribution in [1.82, 2.24) is 10.2 Å². The van der Waals surface area contributed by atoms with E-state index in [2.05, 4.69) is 22.0 Å². The number of carbonyl (C=O) groups is 1. The van der Waals surface area contributed by atoms with Crippen LogP contribution < -0.4 is 4.90 Å². The number of rotatable bonds is 5. The number of nitrogens with zero attached hydrogens (tertiary/aromatic N) is 3. The SMILES string of the molecule is CCC1CCCCCN1c1nnc(SCC(=O)O)s1. The highest BCUT2D eigenvalue weighted by molar-refractivity contribution is 8.01. The number of anilines is 1. The molecule has 106 valence electrons. The monoisotopic (exact) mass is 301 g/mol. The summed E-state index contributed by atoms with van der Waals surface area (Å²) in [6, 6.07) is 0.549. The molecule has 1 aliphatic rings. The molecule has 1 aromatic heterocycles. The number of hydrogen-bond donors (Lipinski definition) is 1. The quantitative estimate of drug-likeness (QED) is 0.844. The summed E-state index contributed by atoms with van der Waals surface area (Å²) in [5.74, 6) is -0.769. The molecule has 0 bridgehead atoms. The van der Waals surface area contributed by atoms with E-state index in [1.165, 1.54) is 48.8 Å². The lowest BCUT2D eigenvalue weighted by molar-refractivity contribution is -0.133.